The first-order valence-corrected chi connectivity index (χ1v) is 16.6. The largest absolute Gasteiger partial charge is 0.512 e. The molecule has 1 N–H and O–H groups in total. The third kappa shape index (κ3) is 7.62. The maximum absolute atomic E-state index is 12.2. The van der Waals surface area contributed by atoms with E-state index < -0.39 is 0 Å². The molecule has 1 radical (unpaired) electrons. The molecule has 0 atom stereocenters. The van der Waals surface area contributed by atoms with Crippen LogP contribution in [0.3, 0.4) is 0 Å². The average Bonchev–Trinajstić information content (AvgIpc) is 3.06. The normalized spacial score (nSPS) is 12.3. The third-order valence-corrected chi connectivity index (χ3v) is 10.2. The number of ketones is 1. The fourth-order valence-corrected chi connectivity index (χ4v) is 5.87. The Bertz CT molecular complexity index is 1840. The monoisotopic (exact) mass is 793 g/mol. The van der Waals surface area contributed by atoms with Gasteiger partial charge in [0.2, 0.25) is 0 Å². The SMILES string of the molecule is CCC(C)(CC)C(=O)/C=C(\O)C(C)(CC)CC.Cc1ccc2ccc3c(-c4[c-]c5cccc(C(C)C)c5cc4)nccc3c2c1.[Ir]. The number of hydrogen-bond acceptors (Lipinski definition) is 3. The van der Waals surface area contributed by atoms with Crippen LogP contribution in [-0.4, -0.2) is 15.9 Å². The Morgan fingerprint density at radius 3 is 2.09 bits per heavy atom. The molecule has 0 bridgehead atoms. The van der Waals surface area contributed by atoms with Crippen LogP contribution in [0.5, 0.6) is 0 Å². The predicted molar refractivity (Wildman–Crippen MR) is 193 cm³/mol. The van der Waals surface area contributed by atoms with Crippen molar-refractivity contribution in [2.75, 3.05) is 0 Å². The number of pyridine rings is 1. The van der Waals surface area contributed by atoms with Crippen molar-refractivity contribution in [1.29, 1.82) is 0 Å². The van der Waals surface area contributed by atoms with Gasteiger partial charge in [-0.2, -0.15) is 0 Å². The summed E-state index contributed by atoms with van der Waals surface area (Å²) in [5.41, 5.74) is 4.09. The van der Waals surface area contributed by atoms with Crippen molar-refractivity contribution in [3.63, 3.8) is 0 Å². The fraction of sp³-hybridized carbons (Fsp3) is 0.381. The van der Waals surface area contributed by atoms with Gasteiger partial charge in [0.05, 0.1) is 0 Å². The third-order valence-electron chi connectivity index (χ3n) is 10.2. The van der Waals surface area contributed by atoms with Crippen LogP contribution in [0.4, 0.5) is 0 Å². The van der Waals surface area contributed by atoms with Crippen LogP contribution in [0, 0.1) is 23.8 Å². The number of benzene rings is 4. The molecule has 5 rings (SSSR count). The topological polar surface area (TPSA) is 50.2 Å². The van der Waals surface area contributed by atoms with Crippen LogP contribution in [0.2, 0.25) is 0 Å². The molecule has 46 heavy (non-hydrogen) atoms. The second-order valence-electron chi connectivity index (χ2n) is 13.3. The minimum Gasteiger partial charge on any atom is -0.512 e. The van der Waals surface area contributed by atoms with Gasteiger partial charge in [0.25, 0.3) is 0 Å². The molecule has 0 saturated carbocycles. The summed E-state index contributed by atoms with van der Waals surface area (Å²) in [5.74, 6) is 0.780. The molecule has 0 saturated heterocycles. The summed E-state index contributed by atoms with van der Waals surface area (Å²) < 4.78 is 0. The van der Waals surface area contributed by atoms with E-state index in [0.29, 0.717) is 5.92 Å². The van der Waals surface area contributed by atoms with Crippen molar-refractivity contribution in [1.82, 2.24) is 4.98 Å². The van der Waals surface area contributed by atoms with E-state index in [0.717, 1.165) is 42.3 Å². The fourth-order valence-electron chi connectivity index (χ4n) is 5.87. The number of fused-ring (bicyclic) bond motifs is 4. The van der Waals surface area contributed by atoms with Crippen LogP contribution in [0.15, 0.2) is 84.8 Å². The molecule has 0 aliphatic rings. The average molecular weight is 793 g/mol. The first-order chi connectivity index (χ1) is 21.4. The summed E-state index contributed by atoms with van der Waals surface area (Å²) >= 11 is 0. The molecule has 0 aliphatic carbocycles. The first kappa shape index (κ1) is 37.1. The number of aliphatic hydroxyl groups is 1. The first-order valence-electron chi connectivity index (χ1n) is 16.6. The van der Waals surface area contributed by atoms with Crippen molar-refractivity contribution in [3.05, 3.63) is 102 Å². The maximum Gasteiger partial charge on any atom is 0.164 e. The van der Waals surface area contributed by atoms with E-state index in [9.17, 15) is 9.90 Å². The number of aromatic nitrogens is 1. The molecule has 3 nitrogen and oxygen atoms in total. The Hall–Kier alpha value is -3.33. The van der Waals surface area contributed by atoms with E-state index in [2.05, 4.69) is 93.6 Å². The van der Waals surface area contributed by atoms with Gasteiger partial charge in [-0.05, 0) is 66.1 Å². The quantitative estimate of drug-likeness (QED) is 0.0700. The summed E-state index contributed by atoms with van der Waals surface area (Å²) in [5, 5.41) is 17.5. The number of aliphatic hydroxyl groups excluding tert-OH is 1. The summed E-state index contributed by atoms with van der Waals surface area (Å²) in [6.07, 6.45) is 6.67. The van der Waals surface area contributed by atoms with E-state index in [1.807, 2.05) is 47.7 Å². The molecule has 245 valence electrons. The molecular formula is C42H50IrNO2-. The number of nitrogens with zero attached hydrogens (tertiary/aromatic N) is 1. The Morgan fingerprint density at radius 2 is 1.46 bits per heavy atom. The molecule has 4 heteroatoms. The van der Waals surface area contributed by atoms with Crippen molar-refractivity contribution in [2.24, 2.45) is 10.8 Å². The number of rotatable bonds is 9. The molecule has 5 aromatic rings. The molecule has 4 aromatic carbocycles. The van der Waals surface area contributed by atoms with Gasteiger partial charge in [-0.15, -0.1) is 29.7 Å². The number of aryl methyl sites for hydroxylation is 1. The van der Waals surface area contributed by atoms with Gasteiger partial charge in [0, 0.05) is 48.9 Å². The minimum absolute atomic E-state index is 0. The number of carbonyl (C=O) groups excluding carboxylic acids is 1. The zero-order valence-corrected chi connectivity index (χ0v) is 31.4. The van der Waals surface area contributed by atoms with Gasteiger partial charge in [0.1, 0.15) is 5.76 Å². The summed E-state index contributed by atoms with van der Waals surface area (Å²) in [7, 11) is 0. The summed E-state index contributed by atoms with van der Waals surface area (Å²) in [4.78, 5) is 16.9. The second kappa shape index (κ2) is 15.5. The van der Waals surface area contributed by atoms with Crippen molar-refractivity contribution >= 4 is 38.1 Å². The molecule has 0 fully saturated rings. The van der Waals surface area contributed by atoms with Gasteiger partial charge in [-0.25, -0.2) is 0 Å². The van der Waals surface area contributed by atoms with Crippen LogP contribution in [-0.2, 0) is 24.9 Å². The second-order valence-corrected chi connectivity index (χ2v) is 13.3. The van der Waals surface area contributed by atoms with E-state index in [1.54, 1.807) is 0 Å². The summed E-state index contributed by atoms with van der Waals surface area (Å²) in [6.45, 7) is 18.7. The standard InChI is InChI=1S/C27H22N.C15H28O2.Ir/c1-17(2)22-6-4-5-20-16-21(10-11-23(20)22)27-25-12-9-19-8-7-18(3)15-26(19)24(25)13-14-28-27;1-7-14(5,8-2)12(16)11-13(17)15(6,9-3)10-4;/h4-15,17H,1-3H3;11,16H,7-10H2,1-6H3;/q-1;;/b;12-11-;. The van der Waals surface area contributed by atoms with E-state index in [4.69, 9.17) is 4.98 Å². The molecular weight excluding hydrogens is 743 g/mol. The van der Waals surface area contributed by atoms with Gasteiger partial charge in [0.15, 0.2) is 5.78 Å². The zero-order valence-electron chi connectivity index (χ0n) is 29.0. The molecule has 1 aromatic heterocycles. The Kier molecular flexibility index (Phi) is 12.5. The van der Waals surface area contributed by atoms with E-state index in [1.165, 1.54) is 44.1 Å². The molecule has 0 unspecified atom stereocenters. The molecule has 0 amide bonds. The van der Waals surface area contributed by atoms with Crippen molar-refractivity contribution in [3.8, 4) is 11.3 Å². The van der Waals surface area contributed by atoms with Crippen LogP contribution in [0.1, 0.15) is 98.1 Å². The van der Waals surface area contributed by atoms with E-state index >= 15 is 0 Å². The number of allylic oxidation sites excluding steroid dienone is 2. The van der Waals surface area contributed by atoms with Gasteiger partial charge >= 0.3 is 0 Å². The van der Waals surface area contributed by atoms with Gasteiger partial charge < -0.3 is 5.11 Å². The van der Waals surface area contributed by atoms with E-state index in [-0.39, 0.29) is 42.5 Å². The Balaban J connectivity index is 0.000000280. The van der Waals surface area contributed by atoms with Gasteiger partial charge in [-0.3, -0.25) is 9.78 Å². The number of hydrogen-bond donors (Lipinski definition) is 1. The Morgan fingerprint density at radius 1 is 0.826 bits per heavy atom. The molecule has 0 spiro atoms. The van der Waals surface area contributed by atoms with Crippen molar-refractivity contribution in [2.45, 2.75) is 93.9 Å². The Labute approximate surface area is 289 Å². The van der Waals surface area contributed by atoms with Gasteiger partial charge in [-0.1, -0.05) is 120 Å². The zero-order chi connectivity index (χ0) is 32.9. The van der Waals surface area contributed by atoms with Crippen LogP contribution in [0.25, 0.3) is 43.6 Å². The van der Waals surface area contributed by atoms with Crippen molar-refractivity contribution < 1.29 is 30.0 Å². The maximum atomic E-state index is 12.2. The van der Waals surface area contributed by atoms with Crippen LogP contribution >= 0.6 is 0 Å². The van der Waals surface area contributed by atoms with Crippen LogP contribution < -0.4 is 0 Å². The smallest absolute Gasteiger partial charge is 0.164 e. The molecule has 1 heterocycles. The predicted octanol–water partition coefficient (Wildman–Crippen LogP) is 12.1. The molecule has 0 aliphatic heterocycles. The number of carbonyl (C=O) groups is 1. The minimum atomic E-state index is -0.337. The summed E-state index contributed by atoms with van der Waals surface area (Å²) in [6, 6.07) is 27.6.